The average Bonchev–Trinajstić information content (AvgIpc) is 3.02. The summed E-state index contributed by atoms with van der Waals surface area (Å²) in [6.07, 6.45) is 3.02. The van der Waals surface area contributed by atoms with E-state index in [0.29, 0.717) is 79.7 Å². The van der Waals surface area contributed by atoms with Gasteiger partial charge in [0.05, 0.1) is 23.8 Å². The minimum atomic E-state index is -0.388. The van der Waals surface area contributed by atoms with Crippen molar-refractivity contribution in [2.45, 2.75) is 19.4 Å². The van der Waals surface area contributed by atoms with Gasteiger partial charge < -0.3 is 14.4 Å². The van der Waals surface area contributed by atoms with Crippen LogP contribution in [0.3, 0.4) is 0 Å². The standard InChI is InChI=1S/C24H26N6O4/c1-33-10-4-8-30-21-20(14-19(16-26-21)23(32)29-7-3-11-34-12-9-29)27-24(30)28-22(31)18-6-2-5-17(13-18)15-25/h2,5-6,13-14,16H,3-4,7-12H2,1H3,(H,27,28,31). The van der Waals surface area contributed by atoms with E-state index in [1.807, 2.05) is 6.07 Å². The number of nitrogens with zero attached hydrogens (tertiary/aromatic N) is 5. The highest BCUT2D eigenvalue weighted by atomic mass is 16.5. The summed E-state index contributed by atoms with van der Waals surface area (Å²) >= 11 is 0. The van der Waals surface area contributed by atoms with E-state index < -0.39 is 0 Å². The van der Waals surface area contributed by atoms with Gasteiger partial charge in [0.2, 0.25) is 5.95 Å². The van der Waals surface area contributed by atoms with Crippen molar-refractivity contribution in [2.24, 2.45) is 0 Å². The first-order chi connectivity index (χ1) is 16.6. The number of ether oxygens (including phenoxy) is 2. The highest BCUT2D eigenvalue weighted by Crippen LogP contribution is 2.21. The molecule has 0 unspecified atom stereocenters. The molecular weight excluding hydrogens is 436 g/mol. The number of hydrogen-bond acceptors (Lipinski definition) is 7. The monoisotopic (exact) mass is 462 g/mol. The fraction of sp³-hybridized carbons (Fsp3) is 0.375. The van der Waals surface area contributed by atoms with Crippen molar-refractivity contribution in [2.75, 3.05) is 45.3 Å². The molecular formula is C24H26N6O4. The number of nitriles is 1. The van der Waals surface area contributed by atoms with Gasteiger partial charge in [0.15, 0.2) is 5.65 Å². The van der Waals surface area contributed by atoms with E-state index in [0.717, 1.165) is 6.42 Å². The molecule has 2 amide bonds. The van der Waals surface area contributed by atoms with Gasteiger partial charge in [-0.05, 0) is 37.1 Å². The Labute approximate surface area is 197 Å². The number of fused-ring (bicyclic) bond motifs is 1. The summed E-state index contributed by atoms with van der Waals surface area (Å²) in [6.45, 7) is 3.37. The number of methoxy groups -OCH3 is 1. The van der Waals surface area contributed by atoms with Crippen molar-refractivity contribution < 1.29 is 19.1 Å². The molecule has 0 bridgehead atoms. The zero-order valence-electron chi connectivity index (χ0n) is 19.0. The van der Waals surface area contributed by atoms with Gasteiger partial charge in [0.1, 0.15) is 5.52 Å². The smallest absolute Gasteiger partial charge is 0.258 e. The summed E-state index contributed by atoms with van der Waals surface area (Å²) in [6, 6.07) is 10.2. The quantitative estimate of drug-likeness (QED) is 0.535. The molecule has 10 heteroatoms. The summed E-state index contributed by atoms with van der Waals surface area (Å²) in [5, 5.41) is 11.9. The Morgan fingerprint density at radius 1 is 1.24 bits per heavy atom. The Balaban J connectivity index is 1.64. The van der Waals surface area contributed by atoms with Gasteiger partial charge in [0, 0.05) is 51.7 Å². The molecule has 0 radical (unpaired) electrons. The van der Waals surface area contributed by atoms with Crippen LogP contribution >= 0.6 is 0 Å². The molecule has 1 aromatic carbocycles. The third-order valence-corrected chi connectivity index (χ3v) is 5.55. The molecule has 0 atom stereocenters. The van der Waals surface area contributed by atoms with Crippen LogP contribution in [0, 0.1) is 11.3 Å². The summed E-state index contributed by atoms with van der Waals surface area (Å²) in [7, 11) is 1.63. The van der Waals surface area contributed by atoms with E-state index in [1.165, 1.54) is 6.07 Å². The fourth-order valence-electron chi connectivity index (χ4n) is 3.84. The van der Waals surface area contributed by atoms with E-state index in [-0.39, 0.29) is 11.8 Å². The van der Waals surface area contributed by atoms with Crippen LogP contribution < -0.4 is 5.32 Å². The highest BCUT2D eigenvalue weighted by Gasteiger charge is 2.21. The number of pyridine rings is 1. The molecule has 0 saturated carbocycles. The molecule has 1 N–H and O–H groups in total. The minimum absolute atomic E-state index is 0.118. The molecule has 1 saturated heterocycles. The maximum absolute atomic E-state index is 13.0. The molecule has 1 fully saturated rings. The number of rotatable bonds is 7. The van der Waals surface area contributed by atoms with Crippen LogP contribution in [0.1, 0.15) is 39.1 Å². The third-order valence-electron chi connectivity index (χ3n) is 5.55. The number of imidazole rings is 1. The molecule has 3 aromatic rings. The second-order valence-electron chi connectivity index (χ2n) is 7.90. The number of hydrogen-bond donors (Lipinski definition) is 1. The number of aryl methyl sites for hydroxylation is 1. The van der Waals surface area contributed by atoms with E-state index in [9.17, 15) is 9.59 Å². The van der Waals surface area contributed by atoms with Crippen molar-refractivity contribution in [1.82, 2.24) is 19.4 Å². The molecule has 176 valence electrons. The predicted molar refractivity (Wildman–Crippen MR) is 124 cm³/mol. The number of nitrogens with one attached hydrogen (secondary N) is 1. The van der Waals surface area contributed by atoms with Gasteiger partial charge in [-0.25, -0.2) is 9.97 Å². The molecule has 1 aliphatic heterocycles. The Morgan fingerprint density at radius 3 is 2.94 bits per heavy atom. The van der Waals surface area contributed by atoms with Crippen LogP contribution in [0.25, 0.3) is 11.2 Å². The lowest BCUT2D eigenvalue weighted by atomic mass is 10.1. The maximum atomic E-state index is 13.0. The van der Waals surface area contributed by atoms with Crippen molar-refractivity contribution in [3.8, 4) is 6.07 Å². The summed E-state index contributed by atoms with van der Waals surface area (Å²) < 4.78 is 12.4. The molecule has 34 heavy (non-hydrogen) atoms. The lowest BCUT2D eigenvalue weighted by Crippen LogP contribution is -2.33. The number of carbonyl (C=O) groups excluding carboxylic acids is 2. The normalized spacial score (nSPS) is 13.9. The molecule has 1 aliphatic rings. The van der Waals surface area contributed by atoms with Gasteiger partial charge in [-0.1, -0.05) is 6.07 Å². The summed E-state index contributed by atoms with van der Waals surface area (Å²) in [5.41, 5.74) is 2.26. The Hall–Kier alpha value is -3.81. The zero-order chi connectivity index (χ0) is 23.9. The Kier molecular flexibility index (Phi) is 7.47. The van der Waals surface area contributed by atoms with Gasteiger partial charge in [0.25, 0.3) is 11.8 Å². The van der Waals surface area contributed by atoms with Crippen LogP contribution in [-0.4, -0.2) is 71.3 Å². The second kappa shape index (κ2) is 10.9. The van der Waals surface area contributed by atoms with Crippen molar-refractivity contribution in [3.63, 3.8) is 0 Å². The van der Waals surface area contributed by atoms with Gasteiger partial charge in [-0.3, -0.25) is 19.5 Å². The second-order valence-corrected chi connectivity index (χ2v) is 7.90. The lowest BCUT2D eigenvalue weighted by molar-refractivity contribution is 0.0741. The molecule has 4 rings (SSSR count). The van der Waals surface area contributed by atoms with E-state index in [4.69, 9.17) is 14.7 Å². The summed E-state index contributed by atoms with van der Waals surface area (Å²) in [5.74, 6) is -0.187. The maximum Gasteiger partial charge on any atom is 0.258 e. The van der Waals surface area contributed by atoms with Crippen molar-refractivity contribution >= 4 is 28.9 Å². The van der Waals surface area contributed by atoms with Crippen molar-refractivity contribution in [3.05, 3.63) is 53.2 Å². The Morgan fingerprint density at radius 2 is 2.12 bits per heavy atom. The van der Waals surface area contributed by atoms with Gasteiger partial charge >= 0.3 is 0 Å². The number of benzene rings is 1. The average molecular weight is 463 g/mol. The number of carbonyl (C=O) groups is 2. The van der Waals surface area contributed by atoms with Crippen LogP contribution in [0.2, 0.25) is 0 Å². The summed E-state index contributed by atoms with van der Waals surface area (Å²) in [4.78, 5) is 36.7. The first-order valence-electron chi connectivity index (χ1n) is 11.1. The number of amides is 2. The van der Waals surface area contributed by atoms with Crippen LogP contribution in [0.4, 0.5) is 5.95 Å². The molecule has 10 nitrogen and oxygen atoms in total. The third kappa shape index (κ3) is 5.22. The van der Waals surface area contributed by atoms with E-state index in [1.54, 1.807) is 47.0 Å². The minimum Gasteiger partial charge on any atom is -0.385 e. The fourth-order valence-corrected chi connectivity index (χ4v) is 3.84. The highest BCUT2D eigenvalue weighted by molar-refractivity contribution is 6.04. The topological polar surface area (TPSA) is 122 Å². The molecule has 0 aliphatic carbocycles. The molecule has 2 aromatic heterocycles. The van der Waals surface area contributed by atoms with E-state index in [2.05, 4.69) is 15.3 Å². The number of aromatic nitrogens is 3. The molecule has 0 spiro atoms. The first-order valence-corrected chi connectivity index (χ1v) is 11.1. The SMILES string of the molecule is COCCCn1c(NC(=O)c2cccc(C#N)c2)nc2cc(C(=O)N3CCCOCC3)cnc21. The first kappa shape index (κ1) is 23.4. The van der Waals surface area contributed by atoms with Crippen LogP contribution in [-0.2, 0) is 16.0 Å². The predicted octanol–water partition coefficient (Wildman–Crippen LogP) is 2.45. The lowest BCUT2D eigenvalue weighted by Gasteiger charge is -2.19. The largest absolute Gasteiger partial charge is 0.385 e. The van der Waals surface area contributed by atoms with Gasteiger partial charge in [-0.15, -0.1) is 0 Å². The number of anilines is 1. The van der Waals surface area contributed by atoms with E-state index >= 15 is 0 Å². The molecule has 3 heterocycles. The zero-order valence-corrected chi connectivity index (χ0v) is 19.0. The van der Waals surface area contributed by atoms with Crippen LogP contribution in [0.5, 0.6) is 0 Å². The van der Waals surface area contributed by atoms with Crippen LogP contribution in [0.15, 0.2) is 36.5 Å². The van der Waals surface area contributed by atoms with Crippen molar-refractivity contribution in [1.29, 1.82) is 5.26 Å². The Bertz CT molecular complexity index is 1220. The van der Waals surface area contributed by atoms with Gasteiger partial charge in [-0.2, -0.15) is 5.26 Å².